The molecule has 0 fully saturated rings. The van der Waals surface area contributed by atoms with Crippen molar-refractivity contribution in [1.82, 2.24) is 10.7 Å². The molecule has 0 saturated carbocycles. The van der Waals surface area contributed by atoms with E-state index in [9.17, 15) is 19.8 Å². The molecule has 2 amide bonds. The lowest BCUT2D eigenvalue weighted by atomic mass is 10.2. The first-order valence-corrected chi connectivity index (χ1v) is 9.43. The van der Waals surface area contributed by atoms with Crippen LogP contribution in [-0.2, 0) is 4.79 Å². The topological polar surface area (TPSA) is 111 Å². The summed E-state index contributed by atoms with van der Waals surface area (Å²) in [5.41, 5.74) is 2.92. The van der Waals surface area contributed by atoms with Crippen molar-refractivity contribution in [3.8, 4) is 11.5 Å². The van der Waals surface area contributed by atoms with E-state index in [2.05, 4.69) is 63.6 Å². The van der Waals surface area contributed by atoms with Gasteiger partial charge in [-0.2, -0.15) is 5.10 Å². The molecule has 0 aliphatic heterocycles. The molecule has 0 bridgehead atoms. The Hall–Kier alpha value is -1.91. The van der Waals surface area contributed by atoms with Crippen LogP contribution in [-0.4, -0.2) is 34.8 Å². The van der Waals surface area contributed by atoms with Crippen LogP contribution in [0.3, 0.4) is 0 Å². The highest BCUT2D eigenvalue weighted by molar-refractivity contribution is 9.11. The number of nitrogens with zero attached hydrogens (tertiary/aromatic N) is 1. The van der Waals surface area contributed by atoms with Crippen molar-refractivity contribution in [2.75, 3.05) is 6.54 Å². The molecule has 0 aliphatic rings. The SMILES string of the molecule is O=C(CNC(=O)c1ccc(Br)cc1)N/N=C/c1cc(Br)c(O)c(Br)c1O. The normalized spacial score (nSPS) is 10.7. The van der Waals surface area contributed by atoms with Crippen molar-refractivity contribution in [1.29, 1.82) is 0 Å². The minimum Gasteiger partial charge on any atom is -0.506 e. The van der Waals surface area contributed by atoms with Crippen LogP contribution in [0.25, 0.3) is 0 Å². The summed E-state index contributed by atoms with van der Waals surface area (Å²) in [7, 11) is 0. The molecular formula is C16H12Br3N3O4. The van der Waals surface area contributed by atoms with E-state index in [0.29, 0.717) is 10.0 Å². The van der Waals surface area contributed by atoms with Gasteiger partial charge in [0.25, 0.3) is 11.8 Å². The number of phenolic OH excluding ortho intramolecular Hbond substituents is 2. The second-order valence-corrected chi connectivity index (χ2v) is 7.50. The van der Waals surface area contributed by atoms with Gasteiger partial charge in [-0.05, 0) is 62.2 Å². The summed E-state index contributed by atoms with van der Waals surface area (Å²) in [5.74, 6) is -1.31. The summed E-state index contributed by atoms with van der Waals surface area (Å²) >= 11 is 9.44. The van der Waals surface area contributed by atoms with E-state index in [4.69, 9.17) is 0 Å². The van der Waals surface area contributed by atoms with Gasteiger partial charge in [-0.1, -0.05) is 15.9 Å². The Morgan fingerprint density at radius 3 is 2.38 bits per heavy atom. The highest BCUT2D eigenvalue weighted by Gasteiger charge is 2.13. The standard InChI is InChI=1S/C16H12Br3N3O4/c17-10-3-1-8(2-4-10)16(26)20-7-12(23)22-21-6-9-5-11(18)15(25)13(19)14(9)24/h1-6,24-25H,7H2,(H,20,26)(H,22,23)/b21-6+. The Bertz CT molecular complexity index is 870. The lowest BCUT2D eigenvalue weighted by molar-refractivity contribution is -0.120. The molecule has 2 rings (SSSR count). The molecule has 0 saturated heterocycles. The number of hydrogen-bond acceptors (Lipinski definition) is 5. The average molecular weight is 550 g/mol. The first-order chi connectivity index (χ1) is 12.3. The molecule has 10 heteroatoms. The maximum absolute atomic E-state index is 11.9. The van der Waals surface area contributed by atoms with Gasteiger partial charge in [-0.15, -0.1) is 0 Å². The van der Waals surface area contributed by atoms with Crippen LogP contribution in [0.2, 0.25) is 0 Å². The summed E-state index contributed by atoms with van der Waals surface area (Å²) in [4.78, 5) is 23.6. The molecule has 2 aromatic carbocycles. The third-order valence-corrected chi connectivity index (χ3v) is 4.99. The van der Waals surface area contributed by atoms with Gasteiger partial charge in [-0.3, -0.25) is 9.59 Å². The van der Waals surface area contributed by atoms with Gasteiger partial charge in [0.05, 0.1) is 17.2 Å². The molecule has 136 valence electrons. The van der Waals surface area contributed by atoms with Crippen LogP contribution in [0, 0.1) is 0 Å². The molecule has 0 atom stereocenters. The molecule has 7 nitrogen and oxygen atoms in total. The zero-order chi connectivity index (χ0) is 19.3. The number of benzene rings is 2. The van der Waals surface area contributed by atoms with Gasteiger partial charge >= 0.3 is 0 Å². The van der Waals surface area contributed by atoms with Crippen molar-refractivity contribution in [3.05, 3.63) is 54.9 Å². The fraction of sp³-hybridized carbons (Fsp3) is 0.0625. The molecule has 4 N–H and O–H groups in total. The van der Waals surface area contributed by atoms with E-state index in [-0.39, 0.29) is 34.0 Å². The van der Waals surface area contributed by atoms with Crippen molar-refractivity contribution in [3.63, 3.8) is 0 Å². The molecular weight excluding hydrogens is 538 g/mol. The Morgan fingerprint density at radius 2 is 1.73 bits per heavy atom. The summed E-state index contributed by atoms with van der Waals surface area (Å²) < 4.78 is 1.29. The van der Waals surface area contributed by atoms with Crippen molar-refractivity contribution < 1.29 is 19.8 Å². The third-order valence-electron chi connectivity index (χ3n) is 3.11. The van der Waals surface area contributed by atoms with E-state index < -0.39 is 5.91 Å². The van der Waals surface area contributed by atoms with Crippen molar-refractivity contribution >= 4 is 65.8 Å². The molecule has 0 heterocycles. The Kier molecular flexibility index (Phi) is 7.18. The first-order valence-electron chi connectivity index (χ1n) is 7.05. The maximum atomic E-state index is 11.9. The second-order valence-electron chi connectivity index (χ2n) is 4.94. The lowest BCUT2D eigenvalue weighted by Crippen LogP contribution is -2.34. The molecule has 2 aromatic rings. The summed E-state index contributed by atoms with van der Waals surface area (Å²) in [6.45, 7) is -0.263. The minimum absolute atomic E-state index is 0.0985. The van der Waals surface area contributed by atoms with Gasteiger partial charge in [0.15, 0.2) is 0 Å². The number of hydrazone groups is 1. The zero-order valence-corrected chi connectivity index (χ0v) is 17.7. The number of nitrogens with one attached hydrogen (secondary N) is 2. The quantitative estimate of drug-likeness (QED) is 0.339. The minimum atomic E-state index is -0.539. The van der Waals surface area contributed by atoms with Gasteiger partial charge in [-0.25, -0.2) is 5.43 Å². The van der Waals surface area contributed by atoms with E-state index in [1.54, 1.807) is 24.3 Å². The van der Waals surface area contributed by atoms with Crippen molar-refractivity contribution in [2.24, 2.45) is 5.10 Å². The molecule has 0 radical (unpaired) electrons. The van der Waals surface area contributed by atoms with E-state index in [1.165, 1.54) is 12.3 Å². The zero-order valence-electron chi connectivity index (χ0n) is 13.0. The van der Waals surface area contributed by atoms with Crippen LogP contribution in [0.15, 0.2) is 48.9 Å². The van der Waals surface area contributed by atoms with E-state index in [0.717, 1.165) is 4.47 Å². The van der Waals surface area contributed by atoms with Crippen LogP contribution >= 0.6 is 47.8 Å². The summed E-state index contributed by atoms with van der Waals surface area (Å²) in [6, 6.07) is 8.12. The van der Waals surface area contributed by atoms with Gasteiger partial charge in [0.2, 0.25) is 0 Å². The number of aromatic hydroxyl groups is 2. The lowest BCUT2D eigenvalue weighted by Gasteiger charge is -2.06. The highest BCUT2D eigenvalue weighted by atomic mass is 79.9. The number of amides is 2. The number of phenols is 2. The predicted octanol–water partition coefficient (Wildman–Crippen LogP) is 3.27. The molecule has 0 aromatic heterocycles. The molecule has 26 heavy (non-hydrogen) atoms. The van der Waals surface area contributed by atoms with Gasteiger partial charge in [0, 0.05) is 15.6 Å². The smallest absolute Gasteiger partial charge is 0.259 e. The number of rotatable bonds is 5. The van der Waals surface area contributed by atoms with Crippen LogP contribution < -0.4 is 10.7 Å². The van der Waals surface area contributed by atoms with E-state index >= 15 is 0 Å². The van der Waals surface area contributed by atoms with Crippen molar-refractivity contribution in [2.45, 2.75) is 0 Å². The Morgan fingerprint density at radius 1 is 1.08 bits per heavy atom. The average Bonchev–Trinajstić information content (AvgIpc) is 2.62. The molecule has 0 spiro atoms. The Labute approximate surface area is 173 Å². The largest absolute Gasteiger partial charge is 0.506 e. The Balaban J connectivity index is 1.90. The number of carbonyl (C=O) groups excluding carboxylic acids is 2. The summed E-state index contributed by atoms with van der Waals surface area (Å²) in [6.07, 6.45) is 1.21. The number of halogens is 3. The third kappa shape index (κ3) is 5.29. The predicted molar refractivity (Wildman–Crippen MR) is 107 cm³/mol. The van der Waals surface area contributed by atoms with E-state index in [1.807, 2.05) is 0 Å². The van der Waals surface area contributed by atoms with Crippen LogP contribution in [0.4, 0.5) is 0 Å². The first kappa shape index (κ1) is 20.4. The fourth-order valence-corrected chi connectivity index (χ4v) is 3.21. The van der Waals surface area contributed by atoms with Crippen LogP contribution in [0.5, 0.6) is 11.5 Å². The van der Waals surface area contributed by atoms with Gasteiger partial charge < -0.3 is 15.5 Å². The number of carbonyl (C=O) groups is 2. The molecule has 0 aliphatic carbocycles. The summed E-state index contributed by atoms with van der Waals surface area (Å²) in [5, 5.41) is 25.7. The second kappa shape index (κ2) is 9.15. The highest BCUT2D eigenvalue weighted by Crippen LogP contribution is 2.40. The monoisotopic (exact) mass is 547 g/mol. The fourth-order valence-electron chi connectivity index (χ4n) is 1.79. The van der Waals surface area contributed by atoms with Gasteiger partial charge in [0.1, 0.15) is 16.0 Å². The molecule has 0 unspecified atom stereocenters. The van der Waals surface area contributed by atoms with Crippen LogP contribution in [0.1, 0.15) is 15.9 Å². The number of hydrogen-bond donors (Lipinski definition) is 4. The maximum Gasteiger partial charge on any atom is 0.259 e.